The van der Waals surface area contributed by atoms with Crippen LogP contribution in [0.2, 0.25) is 0 Å². The minimum atomic E-state index is -0.904. The molecule has 2 atom stereocenters. The van der Waals surface area contributed by atoms with Gasteiger partial charge in [0.25, 0.3) is 5.91 Å². The van der Waals surface area contributed by atoms with Crippen LogP contribution in [0.5, 0.6) is 0 Å². The topological polar surface area (TPSA) is 87.7 Å². The van der Waals surface area contributed by atoms with E-state index in [1.807, 2.05) is 83.3 Å². The Morgan fingerprint density at radius 3 is 2.13 bits per heavy atom. The van der Waals surface area contributed by atoms with Gasteiger partial charge in [-0.25, -0.2) is 4.79 Å². The quantitative estimate of drug-likeness (QED) is 0.375. The molecule has 2 unspecified atom stereocenters. The third-order valence-corrected chi connectivity index (χ3v) is 6.67. The average Bonchev–Trinajstić information content (AvgIpc) is 2.80. The summed E-state index contributed by atoms with van der Waals surface area (Å²) in [6.07, 6.45) is 1.69. The van der Waals surface area contributed by atoms with Crippen LogP contribution < -0.4 is 10.6 Å². The Labute approximate surface area is 232 Å². The van der Waals surface area contributed by atoms with Gasteiger partial charge in [0.1, 0.15) is 17.7 Å². The second-order valence-corrected chi connectivity index (χ2v) is 11.9. The zero-order chi connectivity index (χ0) is 28.6. The van der Waals surface area contributed by atoms with Gasteiger partial charge >= 0.3 is 6.09 Å². The number of nitrogens with zero attached hydrogens (tertiary/aromatic N) is 1. The number of carbonyl (C=O) groups excluding carboxylic acids is 3. The summed E-state index contributed by atoms with van der Waals surface area (Å²) in [4.78, 5) is 42.4. The average molecular weight is 542 g/mol. The van der Waals surface area contributed by atoms with Crippen molar-refractivity contribution in [2.75, 3.05) is 17.3 Å². The van der Waals surface area contributed by atoms with Crippen LogP contribution >= 0.6 is 11.8 Å². The van der Waals surface area contributed by atoms with Gasteiger partial charge in [0, 0.05) is 11.7 Å². The fourth-order valence-corrected chi connectivity index (χ4v) is 4.76. The Kier molecular flexibility index (Phi) is 11.2. The van der Waals surface area contributed by atoms with E-state index in [1.165, 1.54) is 0 Å². The molecule has 208 valence electrons. The van der Waals surface area contributed by atoms with Crippen molar-refractivity contribution in [1.82, 2.24) is 10.2 Å². The number of thioether (sulfide) groups is 1. The van der Waals surface area contributed by atoms with E-state index in [4.69, 9.17) is 4.74 Å². The molecule has 0 aliphatic rings. The van der Waals surface area contributed by atoms with Crippen molar-refractivity contribution < 1.29 is 19.1 Å². The number of rotatable bonds is 10. The highest BCUT2D eigenvalue weighted by Crippen LogP contribution is 2.29. The Morgan fingerprint density at radius 1 is 1.00 bits per heavy atom. The van der Waals surface area contributed by atoms with Crippen LogP contribution in [0.25, 0.3) is 0 Å². The molecule has 2 aromatic carbocycles. The Morgan fingerprint density at radius 2 is 1.61 bits per heavy atom. The number of aryl methyl sites for hydroxylation is 3. The van der Waals surface area contributed by atoms with Crippen LogP contribution in [0.4, 0.5) is 10.5 Å². The van der Waals surface area contributed by atoms with Crippen molar-refractivity contribution in [3.63, 3.8) is 0 Å². The Bertz CT molecular complexity index is 1110. The van der Waals surface area contributed by atoms with E-state index in [0.717, 1.165) is 22.4 Å². The predicted octanol–water partition coefficient (Wildman–Crippen LogP) is 6.18. The maximum Gasteiger partial charge on any atom is 0.408 e. The van der Waals surface area contributed by atoms with Crippen molar-refractivity contribution in [2.45, 2.75) is 85.5 Å². The highest BCUT2D eigenvalue weighted by atomic mass is 32.2. The van der Waals surface area contributed by atoms with E-state index in [9.17, 15) is 14.4 Å². The van der Waals surface area contributed by atoms with Gasteiger partial charge in [-0.05, 0) is 90.5 Å². The van der Waals surface area contributed by atoms with Crippen molar-refractivity contribution in [1.29, 1.82) is 0 Å². The number of carbonyl (C=O) groups is 3. The third kappa shape index (κ3) is 8.79. The fourth-order valence-electron chi connectivity index (χ4n) is 4.28. The lowest BCUT2D eigenvalue weighted by Gasteiger charge is -2.37. The molecular formula is C30H43N3O4S. The first-order valence-corrected chi connectivity index (χ1v) is 14.4. The van der Waals surface area contributed by atoms with Crippen molar-refractivity contribution in [3.05, 3.63) is 64.7 Å². The molecule has 2 N–H and O–H groups in total. The van der Waals surface area contributed by atoms with E-state index >= 15 is 0 Å². The van der Waals surface area contributed by atoms with E-state index in [-0.39, 0.29) is 17.9 Å². The smallest absolute Gasteiger partial charge is 0.408 e. The molecule has 0 spiro atoms. The van der Waals surface area contributed by atoms with Crippen molar-refractivity contribution in [3.8, 4) is 0 Å². The molecule has 3 amide bonds. The van der Waals surface area contributed by atoms with Gasteiger partial charge in [-0.1, -0.05) is 48.0 Å². The number of benzene rings is 2. The minimum absolute atomic E-state index is 0.309. The maximum absolute atomic E-state index is 14.1. The molecule has 38 heavy (non-hydrogen) atoms. The number of para-hydroxylation sites is 1. The van der Waals surface area contributed by atoms with Crippen LogP contribution in [0, 0.1) is 20.8 Å². The maximum atomic E-state index is 14.1. The largest absolute Gasteiger partial charge is 0.444 e. The molecular weight excluding hydrogens is 498 g/mol. The van der Waals surface area contributed by atoms with Crippen molar-refractivity contribution in [2.24, 2.45) is 0 Å². The Hall–Kier alpha value is -3.00. The summed E-state index contributed by atoms with van der Waals surface area (Å²) >= 11 is 1.58. The fraction of sp³-hybridized carbons (Fsp3) is 0.500. The summed E-state index contributed by atoms with van der Waals surface area (Å²) in [5, 5.41) is 5.86. The lowest BCUT2D eigenvalue weighted by Crippen LogP contribution is -2.54. The summed E-state index contributed by atoms with van der Waals surface area (Å²) in [5.41, 5.74) is 3.59. The standard InChI is InChI=1S/C30H43N3O4S/c1-19(2)33(28(35)24(16-17-38-9)31-29(36)37-30(6,7)8)26(23-15-10-12-20(3)18-23)27(34)32-25-21(4)13-11-14-22(25)5/h10-15,18-19,24,26H,16-17H2,1-9H3,(H,31,36)(H,32,34). The van der Waals surface area contributed by atoms with Gasteiger partial charge in [-0.2, -0.15) is 11.8 Å². The number of anilines is 1. The summed E-state index contributed by atoms with van der Waals surface area (Å²) in [7, 11) is 0. The number of alkyl carbamates (subject to hydrolysis) is 1. The summed E-state index contributed by atoms with van der Waals surface area (Å²) < 4.78 is 5.45. The van der Waals surface area contributed by atoms with Gasteiger partial charge in [0.15, 0.2) is 0 Å². The SMILES string of the molecule is CSCCC(NC(=O)OC(C)(C)C)C(=O)N(C(C)C)C(C(=O)Nc1c(C)cccc1C)c1cccc(C)c1. The zero-order valence-electron chi connectivity index (χ0n) is 24.2. The molecule has 2 aromatic rings. The molecule has 0 saturated carbocycles. The van der Waals surface area contributed by atoms with Crippen LogP contribution in [0.1, 0.15) is 69.3 Å². The second kappa shape index (κ2) is 13.7. The number of amides is 3. The first kappa shape index (κ1) is 31.2. The molecule has 0 fully saturated rings. The van der Waals surface area contributed by atoms with Gasteiger partial charge in [-0.3, -0.25) is 9.59 Å². The van der Waals surface area contributed by atoms with E-state index in [1.54, 1.807) is 37.4 Å². The van der Waals surface area contributed by atoms with Gasteiger partial charge in [0.2, 0.25) is 5.91 Å². The summed E-state index contributed by atoms with van der Waals surface area (Å²) in [6, 6.07) is 11.4. The molecule has 0 aliphatic heterocycles. The van der Waals surface area contributed by atoms with Crippen molar-refractivity contribution >= 4 is 35.4 Å². The normalized spacial score (nSPS) is 13.0. The van der Waals surface area contributed by atoms with E-state index < -0.39 is 23.8 Å². The molecule has 7 nitrogen and oxygen atoms in total. The van der Waals surface area contributed by atoms with Crippen LogP contribution in [-0.4, -0.2) is 52.5 Å². The monoisotopic (exact) mass is 541 g/mol. The number of hydrogen-bond donors (Lipinski definition) is 2. The van der Waals surface area contributed by atoms with Crippen LogP contribution in [-0.2, 0) is 14.3 Å². The first-order valence-electron chi connectivity index (χ1n) is 13.0. The van der Waals surface area contributed by atoms with Gasteiger partial charge < -0.3 is 20.3 Å². The van der Waals surface area contributed by atoms with Gasteiger partial charge in [0.05, 0.1) is 0 Å². The predicted molar refractivity (Wildman–Crippen MR) is 157 cm³/mol. The molecule has 0 radical (unpaired) electrons. The third-order valence-electron chi connectivity index (χ3n) is 6.02. The molecule has 8 heteroatoms. The van der Waals surface area contributed by atoms with Crippen LogP contribution in [0.15, 0.2) is 42.5 Å². The molecule has 0 heterocycles. The molecule has 0 aliphatic carbocycles. The number of hydrogen-bond acceptors (Lipinski definition) is 5. The lowest BCUT2D eigenvalue weighted by molar-refractivity contribution is -0.143. The summed E-state index contributed by atoms with van der Waals surface area (Å²) in [5.74, 6) is 0.0148. The highest BCUT2D eigenvalue weighted by molar-refractivity contribution is 7.98. The Balaban J connectivity index is 2.54. The second-order valence-electron chi connectivity index (χ2n) is 10.9. The number of ether oxygens (including phenoxy) is 1. The molecule has 0 aromatic heterocycles. The highest BCUT2D eigenvalue weighted by Gasteiger charge is 2.38. The van der Waals surface area contributed by atoms with Crippen LogP contribution in [0.3, 0.4) is 0 Å². The molecule has 0 bridgehead atoms. The zero-order valence-corrected chi connectivity index (χ0v) is 25.0. The van der Waals surface area contributed by atoms with E-state index in [0.29, 0.717) is 17.7 Å². The van der Waals surface area contributed by atoms with E-state index in [2.05, 4.69) is 10.6 Å². The summed E-state index contributed by atoms with van der Waals surface area (Å²) in [6.45, 7) is 14.9. The van der Waals surface area contributed by atoms with Gasteiger partial charge in [-0.15, -0.1) is 0 Å². The minimum Gasteiger partial charge on any atom is -0.444 e. The number of nitrogens with one attached hydrogen (secondary N) is 2. The molecule has 2 rings (SSSR count). The molecule has 0 saturated heterocycles. The lowest BCUT2D eigenvalue weighted by atomic mass is 9.98. The first-order chi connectivity index (χ1) is 17.7.